The first kappa shape index (κ1) is 22.8. The van der Waals surface area contributed by atoms with Gasteiger partial charge in [0.15, 0.2) is 0 Å². The zero-order valence-corrected chi connectivity index (χ0v) is 16.1. The van der Waals surface area contributed by atoms with Crippen LogP contribution in [0.5, 0.6) is 0 Å². The van der Waals surface area contributed by atoms with Crippen LogP contribution in [0.2, 0.25) is 0 Å². The van der Waals surface area contributed by atoms with E-state index in [0.29, 0.717) is 0 Å². The maximum absolute atomic E-state index is 12.3. The average molecular weight is 362 g/mol. The molecule has 3 N–H and O–H groups in total. The first-order valence-corrected chi connectivity index (χ1v) is 9.47. The van der Waals surface area contributed by atoms with Crippen LogP contribution < -0.4 is 5.32 Å². The highest BCUT2D eigenvalue weighted by molar-refractivity contribution is 8.00. The number of carboxylic acid groups (broad SMARTS) is 2. The summed E-state index contributed by atoms with van der Waals surface area (Å²) in [5.74, 6) is -2.53. The lowest BCUT2D eigenvalue weighted by Crippen LogP contribution is -2.46. The minimum atomic E-state index is -1.14. The van der Waals surface area contributed by atoms with Gasteiger partial charge in [-0.05, 0) is 18.3 Å². The fourth-order valence-corrected chi connectivity index (χ4v) is 3.71. The Balaban J connectivity index is 4.89. The van der Waals surface area contributed by atoms with E-state index in [1.165, 1.54) is 0 Å². The van der Waals surface area contributed by atoms with Gasteiger partial charge in [-0.2, -0.15) is 0 Å². The van der Waals surface area contributed by atoms with Gasteiger partial charge in [0.05, 0.1) is 0 Å². The molecule has 0 aromatic carbocycles. The Morgan fingerprint density at radius 3 is 1.83 bits per heavy atom. The van der Waals surface area contributed by atoms with E-state index in [1.54, 1.807) is 20.8 Å². The number of carboxylic acids is 2. The molecule has 0 rings (SSSR count). The predicted octanol–water partition coefficient (Wildman–Crippen LogP) is 3.00. The molecule has 0 heterocycles. The topological polar surface area (TPSA) is 104 Å². The quantitative estimate of drug-likeness (QED) is 0.523. The van der Waals surface area contributed by atoms with E-state index >= 15 is 0 Å². The van der Waals surface area contributed by atoms with E-state index in [0.717, 1.165) is 37.4 Å². The lowest BCUT2D eigenvalue weighted by Gasteiger charge is -2.28. The van der Waals surface area contributed by atoms with Gasteiger partial charge in [-0.15, -0.1) is 11.8 Å². The number of nitrogens with one attached hydrogen (secondary N) is 1. The minimum absolute atomic E-state index is 0.0281. The summed E-state index contributed by atoms with van der Waals surface area (Å²) in [6.45, 7) is 9.37. The fourth-order valence-electron chi connectivity index (χ4n) is 2.45. The summed E-state index contributed by atoms with van der Waals surface area (Å²) in [5.41, 5.74) is -0.503. The van der Waals surface area contributed by atoms with Crippen molar-refractivity contribution in [2.45, 2.75) is 71.6 Å². The van der Waals surface area contributed by atoms with Crippen molar-refractivity contribution in [2.75, 3.05) is 5.75 Å². The van der Waals surface area contributed by atoms with Gasteiger partial charge in [-0.3, -0.25) is 9.59 Å². The van der Waals surface area contributed by atoms with Crippen LogP contribution in [0.15, 0.2) is 0 Å². The number of aliphatic carboxylic acids is 2. The SMILES string of the molecule is CCCC(CCC)C(=O)N[C@@H](CSC(C(=O)O)C(C)(C)C)C(=O)O. The van der Waals surface area contributed by atoms with Gasteiger partial charge in [-0.1, -0.05) is 47.5 Å². The van der Waals surface area contributed by atoms with Gasteiger partial charge >= 0.3 is 11.9 Å². The second-order valence-electron chi connectivity index (χ2n) is 7.09. The minimum Gasteiger partial charge on any atom is -0.480 e. The third-order valence-corrected chi connectivity index (χ3v) is 5.47. The van der Waals surface area contributed by atoms with Gasteiger partial charge in [-0.25, -0.2) is 4.79 Å². The smallest absolute Gasteiger partial charge is 0.327 e. The molecule has 0 aliphatic heterocycles. The first-order valence-electron chi connectivity index (χ1n) is 8.42. The van der Waals surface area contributed by atoms with E-state index in [9.17, 15) is 24.6 Å². The summed E-state index contributed by atoms with van der Waals surface area (Å²) in [5, 5.41) is 20.5. The fraction of sp³-hybridized carbons (Fsp3) is 0.824. The highest BCUT2D eigenvalue weighted by Gasteiger charge is 2.34. The van der Waals surface area contributed by atoms with Crippen molar-refractivity contribution in [3.63, 3.8) is 0 Å². The monoisotopic (exact) mass is 361 g/mol. The molecule has 0 aliphatic carbocycles. The summed E-state index contributed by atoms with van der Waals surface area (Å²) in [6, 6.07) is -1.08. The van der Waals surface area contributed by atoms with Crippen LogP contribution in [-0.2, 0) is 14.4 Å². The normalized spacial score (nSPS) is 14.2. The first-order chi connectivity index (χ1) is 11.0. The zero-order chi connectivity index (χ0) is 18.9. The molecule has 0 spiro atoms. The van der Waals surface area contributed by atoms with E-state index in [-0.39, 0.29) is 17.6 Å². The van der Waals surface area contributed by atoms with Gasteiger partial charge < -0.3 is 15.5 Å². The highest BCUT2D eigenvalue weighted by atomic mass is 32.2. The standard InChI is InChI=1S/C17H31NO5S/c1-6-8-11(9-7-2)14(19)18-12(15(20)21)10-24-13(16(22)23)17(3,4)5/h11-13H,6-10H2,1-5H3,(H,18,19)(H,20,21)(H,22,23)/t12-,13?/m0/s1. The number of hydrogen-bond donors (Lipinski definition) is 3. The van der Waals surface area contributed by atoms with Crippen LogP contribution in [-0.4, -0.2) is 45.1 Å². The highest BCUT2D eigenvalue weighted by Crippen LogP contribution is 2.31. The predicted molar refractivity (Wildman–Crippen MR) is 96.2 cm³/mol. The number of thioether (sulfide) groups is 1. The van der Waals surface area contributed by atoms with E-state index in [1.807, 2.05) is 13.8 Å². The van der Waals surface area contributed by atoms with Crippen LogP contribution in [0.4, 0.5) is 0 Å². The molecule has 0 radical (unpaired) electrons. The Kier molecular flexibility index (Phi) is 10.0. The molecule has 7 heteroatoms. The van der Waals surface area contributed by atoms with Crippen molar-refractivity contribution in [2.24, 2.45) is 11.3 Å². The summed E-state index contributed by atoms with van der Waals surface area (Å²) in [7, 11) is 0. The lowest BCUT2D eigenvalue weighted by molar-refractivity contribution is -0.142. The maximum Gasteiger partial charge on any atom is 0.327 e. The molecule has 0 aromatic heterocycles. The summed E-state index contributed by atoms with van der Waals surface area (Å²) in [6.07, 6.45) is 3.16. The third-order valence-electron chi connectivity index (χ3n) is 3.70. The largest absolute Gasteiger partial charge is 0.480 e. The molecule has 6 nitrogen and oxygen atoms in total. The molecule has 0 fully saturated rings. The van der Waals surface area contributed by atoms with Crippen molar-refractivity contribution in [3.8, 4) is 0 Å². The van der Waals surface area contributed by atoms with Gasteiger partial charge in [0.1, 0.15) is 11.3 Å². The Labute approximate surface area is 148 Å². The zero-order valence-electron chi connectivity index (χ0n) is 15.3. The molecule has 0 aromatic rings. The molecular weight excluding hydrogens is 330 g/mol. The lowest BCUT2D eigenvalue weighted by atomic mass is 9.92. The second-order valence-corrected chi connectivity index (χ2v) is 8.23. The van der Waals surface area contributed by atoms with Crippen LogP contribution in [0.1, 0.15) is 60.3 Å². The number of rotatable bonds is 11. The Morgan fingerprint density at radius 2 is 1.50 bits per heavy atom. The molecule has 140 valence electrons. The Morgan fingerprint density at radius 1 is 1.00 bits per heavy atom. The Hall–Kier alpha value is -1.24. The van der Waals surface area contributed by atoms with Crippen LogP contribution in [0.3, 0.4) is 0 Å². The summed E-state index contributed by atoms with van der Waals surface area (Å²) >= 11 is 1.06. The second kappa shape index (κ2) is 10.6. The molecule has 0 saturated carbocycles. The third kappa shape index (κ3) is 8.04. The molecule has 0 bridgehead atoms. The van der Waals surface area contributed by atoms with E-state index in [4.69, 9.17) is 0 Å². The van der Waals surface area contributed by atoms with Crippen molar-refractivity contribution < 1.29 is 24.6 Å². The van der Waals surface area contributed by atoms with Gasteiger partial charge in [0.2, 0.25) is 5.91 Å². The van der Waals surface area contributed by atoms with Crippen LogP contribution in [0.25, 0.3) is 0 Å². The average Bonchev–Trinajstić information content (AvgIpc) is 2.43. The molecular formula is C17H31NO5S. The molecule has 0 saturated heterocycles. The molecule has 1 unspecified atom stereocenters. The number of amides is 1. The van der Waals surface area contributed by atoms with Crippen molar-refractivity contribution in [1.82, 2.24) is 5.32 Å². The maximum atomic E-state index is 12.3. The molecule has 2 atom stereocenters. The Bertz CT molecular complexity index is 427. The van der Waals surface area contributed by atoms with E-state index in [2.05, 4.69) is 5.32 Å². The number of carbonyl (C=O) groups is 3. The number of hydrogen-bond acceptors (Lipinski definition) is 4. The van der Waals surface area contributed by atoms with Crippen molar-refractivity contribution in [1.29, 1.82) is 0 Å². The van der Waals surface area contributed by atoms with Crippen LogP contribution in [0, 0.1) is 11.3 Å². The summed E-state index contributed by atoms with van der Waals surface area (Å²) in [4.78, 5) is 35.1. The summed E-state index contributed by atoms with van der Waals surface area (Å²) < 4.78 is 0. The van der Waals surface area contributed by atoms with Crippen molar-refractivity contribution >= 4 is 29.6 Å². The van der Waals surface area contributed by atoms with Crippen LogP contribution >= 0.6 is 11.8 Å². The molecule has 1 amide bonds. The molecule has 24 heavy (non-hydrogen) atoms. The molecule has 0 aliphatic rings. The van der Waals surface area contributed by atoms with Gasteiger partial charge in [0.25, 0.3) is 0 Å². The number of carbonyl (C=O) groups excluding carboxylic acids is 1. The van der Waals surface area contributed by atoms with Crippen molar-refractivity contribution in [3.05, 3.63) is 0 Å². The van der Waals surface area contributed by atoms with E-state index < -0.39 is 28.6 Å². The van der Waals surface area contributed by atoms with Gasteiger partial charge in [0, 0.05) is 11.7 Å².